The van der Waals surface area contributed by atoms with Gasteiger partial charge in [-0.05, 0) is 66.6 Å². The summed E-state index contributed by atoms with van der Waals surface area (Å²) in [5.74, 6) is 1.23. The molecule has 190 valence electrons. The summed E-state index contributed by atoms with van der Waals surface area (Å²) in [5.41, 5.74) is 2.61. The molecule has 1 aliphatic carbocycles. The number of hydrogen-bond donors (Lipinski definition) is 0. The molecule has 37 heavy (non-hydrogen) atoms. The number of halogens is 1. The first-order chi connectivity index (χ1) is 18.1. The van der Waals surface area contributed by atoms with Crippen molar-refractivity contribution in [3.05, 3.63) is 93.9 Å². The molecule has 1 heterocycles. The molecule has 1 amide bonds. The summed E-state index contributed by atoms with van der Waals surface area (Å²) in [5, 5.41) is 1.41. The minimum Gasteiger partial charge on any atom is -0.493 e. The monoisotopic (exact) mass is 532 g/mol. The van der Waals surface area contributed by atoms with Gasteiger partial charge < -0.3 is 9.47 Å². The molecule has 5 rings (SSSR count). The first-order valence-electron chi connectivity index (χ1n) is 12.5. The van der Waals surface area contributed by atoms with Gasteiger partial charge in [0.15, 0.2) is 16.7 Å². The van der Waals surface area contributed by atoms with E-state index in [0.29, 0.717) is 28.0 Å². The zero-order valence-electron chi connectivity index (χ0n) is 20.7. The number of nitrogens with zero attached hydrogens (tertiary/aromatic N) is 2. The fraction of sp³-hybridized carbons (Fsp3) is 0.267. The van der Waals surface area contributed by atoms with Crippen LogP contribution in [0.1, 0.15) is 43.2 Å². The van der Waals surface area contributed by atoms with Crippen molar-refractivity contribution in [2.24, 2.45) is 4.99 Å². The summed E-state index contributed by atoms with van der Waals surface area (Å²) in [6.45, 7) is 0.334. The summed E-state index contributed by atoms with van der Waals surface area (Å²) >= 11 is 7.70. The summed E-state index contributed by atoms with van der Waals surface area (Å²) in [6.07, 6.45) is 7.45. The maximum Gasteiger partial charge on any atom is 0.267 e. The van der Waals surface area contributed by atoms with E-state index in [1.165, 1.54) is 18.2 Å². The molecule has 3 aromatic rings. The van der Waals surface area contributed by atoms with Crippen molar-refractivity contribution in [3.8, 4) is 11.5 Å². The zero-order valence-corrected chi connectivity index (χ0v) is 22.3. The van der Waals surface area contributed by atoms with Gasteiger partial charge in [-0.2, -0.15) is 0 Å². The topological polar surface area (TPSA) is 51.1 Å². The lowest BCUT2D eigenvalue weighted by molar-refractivity contribution is -0.124. The highest BCUT2D eigenvalue weighted by molar-refractivity contribution is 8.18. The highest BCUT2D eigenvalue weighted by atomic mass is 35.5. The maximum atomic E-state index is 13.6. The van der Waals surface area contributed by atoms with E-state index in [1.807, 2.05) is 83.8 Å². The standard InChI is InChI=1S/C30H29ClN2O3S/c1-35-27-18-21(16-17-26(27)36-20-22-10-8-9-15-25(22)31)19-28-29(34)33(24-13-6-3-7-14-24)30(37-28)32-23-11-4-2-5-12-23/h2,4-5,8-12,15-19,24H,3,6-7,13-14,20H2,1H3/b28-19+,32-30?. The number of aliphatic imine (C=N–C) groups is 1. The van der Waals surface area contributed by atoms with Crippen LogP contribution in [-0.2, 0) is 11.4 Å². The van der Waals surface area contributed by atoms with Gasteiger partial charge in [-0.25, -0.2) is 4.99 Å². The maximum absolute atomic E-state index is 13.6. The van der Waals surface area contributed by atoms with Crippen LogP contribution >= 0.6 is 23.4 Å². The Labute approximate surface area is 227 Å². The zero-order chi connectivity index (χ0) is 25.6. The first-order valence-corrected chi connectivity index (χ1v) is 13.7. The summed E-state index contributed by atoms with van der Waals surface area (Å²) in [4.78, 5) is 21.0. The van der Waals surface area contributed by atoms with Crippen LogP contribution in [0, 0.1) is 0 Å². The fourth-order valence-corrected chi connectivity index (χ4v) is 5.90. The molecule has 0 unspecified atom stereocenters. The van der Waals surface area contributed by atoms with Gasteiger partial charge in [0.1, 0.15) is 6.61 Å². The second-order valence-corrected chi connectivity index (χ2v) is 10.5. The van der Waals surface area contributed by atoms with Gasteiger partial charge in [-0.15, -0.1) is 0 Å². The third-order valence-corrected chi connectivity index (χ3v) is 7.94. The Bertz CT molecular complexity index is 1320. The van der Waals surface area contributed by atoms with Crippen molar-refractivity contribution in [2.75, 3.05) is 7.11 Å². The molecular weight excluding hydrogens is 504 g/mol. The third kappa shape index (κ3) is 6.03. The SMILES string of the molecule is COc1cc(/C=C2/SC(=Nc3ccccc3)N(C3CCCCC3)C2=O)ccc1OCc1ccccc1Cl. The number of ether oxygens (including phenoxy) is 2. The molecule has 7 heteroatoms. The Hall–Kier alpha value is -3.22. The number of thioether (sulfide) groups is 1. The Morgan fingerprint density at radius 3 is 2.51 bits per heavy atom. The predicted molar refractivity (Wildman–Crippen MR) is 152 cm³/mol. The smallest absolute Gasteiger partial charge is 0.267 e. The van der Waals surface area contributed by atoms with Crippen molar-refractivity contribution >= 4 is 46.2 Å². The summed E-state index contributed by atoms with van der Waals surface area (Å²) in [6, 6.07) is 23.3. The number of carbonyl (C=O) groups is 1. The van der Waals surface area contributed by atoms with E-state index in [0.717, 1.165) is 47.7 Å². The van der Waals surface area contributed by atoms with Gasteiger partial charge in [0.25, 0.3) is 5.91 Å². The Morgan fingerprint density at radius 1 is 1.00 bits per heavy atom. The molecule has 5 nitrogen and oxygen atoms in total. The van der Waals surface area contributed by atoms with Crippen LogP contribution in [0.5, 0.6) is 11.5 Å². The average molecular weight is 533 g/mol. The Kier molecular flexibility index (Phi) is 8.17. The second kappa shape index (κ2) is 11.9. The summed E-state index contributed by atoms with van der Waals surface area (Å²) in [7, 11) is 1.61. The van der Waals surface area contributed by atoms with Gasteiger partial charge in [0.05, 0.1) is 17.7 Å². The Balaban J connectivity index is 1.40. The predicted octanol–water partition coefficient (Wildman–Crippen LogP) is 7.86. The fourth-order valence-electron chi connectivity index (χ4n) is 4.65. The summed E-state index contributed by atoms with van der Waals surface area (Å²) < 4.78 is 11.6. The minimum atomic E-state index is 0.0181. The van der Waals surface area contributed by atoms with Gasteiger partial charge >= 0.3 is 0 Å². The van der Waals surface area contributed by atoms with E-state index >= 15 is 0 Å². The van der Waals surface area contributed by atoms with Gasteiger partial charge in [0, 0.05) is 16.6 Å². The molecule has 0 N–H and O–H groups in total. The highest BCUT2D eigenvalue weighted by Gasteiger charge is 2.38. The van der Waals surface area contributed by atoms with Gasteiger partial charge in [0.2, 0.25) is 0 Å². The number of amidine groups is 1. The number of methoxy groups -OCH3 is 1. The van der Waals surface area contributed by atoms with Crippen LogP contribution in [0.25, 0.3) is 6.08 Å². The second-order valence-electron chi connectivity index (χ2n) is 9.10. The molecule has 3 aromatic carbocycles. The molecule has 1 saturated carbocycles. The largest absolute Gasteiger partial charge is 0.493 e. The van der Waals surface area contributed by atoms with Crippen LogP contribution in [0.3, 0.4) is 0 Å². The van der Waals surface area contributed by atoms with Crippen LogP contribution < -0.4 is 9.47 Å². The molecule has 0 spiro atoms. The normalized spacial score (nSPS) is 18.5. The lowest BCUT2D eigenvalue weighted by Crippen LogP contribution is -2.40. The number of benzene rings is 3. The van der Waals surface area contributed by atoms with E-state index in [4.69, 9.17) is 26.1 Å². The number of para-hydroxylation sites is 1. The molecule has 0 radical (unpaired) electrons. The van der Waals surface area contributed by atoms with Crippen LogP contribution in [0.2, 0.25) is 5.02 Å². The van der Waals surface area contributed by atoms with Gasteiger partial charge in [-0.1, -0.05) is 73.3 Å². The van der Waals surface area contributed by atoms with Crippen LogP contribution in [-0.4, -0.2) is 29.1 Å². The van der Waals surface area contributed by atoms with E-state index in [-0.39, 0.29) is 11.9 Å². The van der Waals surface area contributed by atoms with E-state index in [2.05, 4.69) is 0 Å². The lowest BCUT2D eigenvalue weighted by atomic mass is 9.94. The quantitative estimate of drug-likeness (QED) is 0.290. The highest BCUT2D eigenvalue weighted by Crippen LogP contribution is 2.39. The number of carbonyl (C=O) groups excluding carboxylic acids is 1. The lowest BCUT2D eigenvalue weighted by Gasteiger charge is -2.30. The third-order valence-electron chi connectivity index (χ3n) is 6.58. The molecular formula is C30H29ClN2O3S. The molecule has 2 aliphatic rings. The van der Waals surface area contributed by atoms with Crippen molar-refractivity contribution in [3.63, 3.8) is 0 Å². The van der Waals surface area contributed by atoms with Crippen LogP contribution in [0.15, 0.2) is 82.7 Å². The molecule has 1 saturated heterocycles. The molecule has 0 bridgehead atoms. The van der Waals surface area contributed by atoms with Gasteiger partial charge in [-0.3, -0.25) is 9.69 Å². The number of hydrogen-bond acceptors (Lipinski definition) is 5. The minimum absolute atomic E-state index is 0.0181. The van der Waals surface area contributed by atoms with Crippen LogP contribution in [0.4, 0.5) is 5.69 Å². The van der Waals surface area contributed by atoms with E-state index in [9.17, 15) is 4.79 Å². The Morgan fingerprint density at radius 2 is 1.76 bits per heavy atom. The van der Waals surface area contributed by atoms with Crippen molar-refractivity contribution in [2.45, 2.75) is 44.8 Å². The molecule has 1 aliphatic heterocycles. The van der Waals surface area contributed by atoms with Crippen molar-refractivity contribution in [1.29, 1.82) is 0 Å². The molecule has 0 aromatic heterocycles. The van der Waals surface area contributed by atoms with Crippen molar-refractivity contribution in [1.82, 2.24) is 4.90 Å². The number of amides is 1. The number of rotatable bonds is 7. The molecule has 2 fully saturated rings. The van der Waals surface area contributed by atoms with E-state index in [1.54, 1.807) is 7.11 Å². The van der Waals surface area contributed by atoms with Crippen molar-refractivity contribution < 1.29 is 14.3 Å². The van der Waals surface area contributed by atoms with E-state index < -0.39 is 0 Å². The first kappa shape index (κ1) is 25.4. The molecule has 0 atom stereocenters. The average Bonchev–Trinajstić information content (AvgIpc) is 3.23.